The second-order valence-corrected chi connectivity index (χ2v) is 6.49. The molecule has 158 valence electrons. The number of nitro groups is 1. The lowest BCUT2D eigenvalue weighted by Crippen LogP contribution is -2.39. The maximum absolute atomic E-state index is 13.4. The summed E-state index contributed by atoms with van der Waals surface area (Å²) < 4.78 is 18.5. The van der Waals surface area contributed by atoms with Gasteiger partial charge in [0.05, 0.1) is 4.92 Å². The number of rotatable bonds is 7. The summed E-state index contributed by atoms with van der Waals surface area (Å²) in [6.45, 7) is -0.772. The van der Waals surface area contributed by atoms with E-state index in [1.807, 2.05) is 0 Å². The lowest BCUT2D eigenvalue weighted by Gasteiger charge is -2.26. The van der Waals surface area contributed by atoms with Gasteiger partial charge in [-0.1, -0.05) is 60.7 Å². The zero-order valence-corrected chi connectivity index (χ0v) is 16.0. The van der Waals surface area contributed by atoms with Crippen LogP contribution in [0, 0.1) is 15.9 Å². The first-order valence-corrected chi connectivity index (χ1v) is 9.07. The van der Waals surface area contributed by atoms with Crippen LogP contribution in [0.3, 0.4) is 0 Å². The fourth-order valence-electron chi connectivity index (χ4n) is 2.92. The van der Waals surface area contributed by atoms with Crippen LogP contribution in [0.4, 0.5) is 15.8 Å². The van der Waals surface area contributed by atoms with Crippen LogP contribution in [0.15, 0.2) is 78.9 Å². The molecule has 0 aliphatic carbocycles. The largest absolute Gasteiger partial charge is 0.453 e. The van der Waals surface area contributed by atoms with Crippen LogP contribution in [-0.2, 0) is 19.9 Å². The molecule has 0 spiro atoms. The molecular formula is C22H17FN2O6. The highest BCUT2D eigenvalue weighted by atomic mass is 19.1. The highest BCUT2D eigenvalue weighted by Gasteiger charge is 2.41. The van der Waals surface area contributed by atoms with E-state index in [0.717, 1.165) is 18.2 Å². The number of aliphatic hydroxyl groups is 1. The standard InChI is InChI=1S/C22H17FN2O6/c23-18-12-11-17(13-19(18)25(29)30)24-20(26)14-31-21(27)22(28,15-7-3-1-4-8-15)16-9-5-2-6-10-16/h1-13,28H,14H2,(H,24,26). The molecule has 0 heterocycles. The molecule has 3 aromatic carbocycles. The number of amides is 1. The highest BCUT2D eigenvalue weighted by molar-refractivity contribution is 5.94. The SMILES string of the molecule is O=C(COC(=O)C(O)(c1ccccc1)c1ccccc1)Nc1ccc(F)c([N+](=O)[O-])c1. The van der Waals surface area contributed by atoms with Crippen LogP contribution in [-0.4, -0.2) is 28.5 Å². The normalized spacial score (nSPS) is 10.9. The molecule has 0 aliphatic rings. The Morgan fingerprint density at radius 1 is 1.00 bits per heavy atom. The summed E-state index contributed by atoms with van der Waals surface area (Å²) in [6, 6.07) is 19.0. The molecule has 31 heavy (non-hydrogen) atoms. The number of nitrogens with one attached hydrogen (secondary N) is 1. The molecule has 0 atom stereocenters. The predicted molar refractivity (Wildman–Crippen MR) is 109 cm³/mol. The van der Waals surface area contributed by atoms with E-state index >= 15 is 0 Å². The first-order valence-electron chi connectivity index (χ1n) is 9.07. The van der Waals surface area contributed by atoms with E-state index in [4.69, 9.17) is 4.74 Å². The average Bonchev–Trinajstić information content (AvgIpc) is 2.79. The van der Waals surface area contributed by atoms with E-state index in [1.165, 1.54) is 0 Å². The number of nitro benzene ring substituents is 1. The second kappa shape index (κ2) is 9.14. The average molecular weight is 424 g/mol. The number of carbonyl (C=O) groups is 2. The van der Waals surface area contributed by atoms with Gasteiger partial charge in [-0.3, -0.25) is 14.9 Å². The van der Waals surface area contributed by atoms with Gasteiger partial charge in [0.25, 0.3) is 5.91 Å². The molecule has 0 saturated heterocycles. The molecule has 0 unspecified atom stereocenters. The Morgan fingerprint density at radius 2 is 1.55 bits per heavy atom. The number of halogens is 1. The zero-order valence-electron chi connectivity index (χ0n) is 16.0. The Balaban J connectivity index is 1.75. The minimum Gasteiger partial charge on any atom is -0.453 e. The molecule has 0 saturated carbocycles. The minimum atomic E-state index is -2.16. The molecule has 9 heteroatoms. The molecule has 0 fully saturated rings. The second-order valence-electron chi connectivity index (χ2n) is 6.49. The third-order valence-electron chi connectivity index (χ3n) is 4.44. The van der Waals surface area contributed by atoms with Gasteiger partial charge in [-0.25, -0.2) is 4.79 Å². The van der Waals surface area contributed by atoms with Crippen molar-refractivity contribution >= 4 is 23.3 Å². The first kappa shape index (κ1) is 21.6. The fourth-order valence-corrected chi connectivity index (χ4v) is 2.92. The van der Waals surface area contributed by atoms with E-state index in [9.17, 15) is 29.2 Å². The summed E-state index contributed by atoms with van der Waals surface area (Å²) in [4.78, 5) is 34.9. The summed E-state index contributed by atoms with van der Waals surface area (Å²) in [6.07, 6.45) is 0. The Labute approximate surface area is 176 Å². The molecule has 8 nitrogen and oxygen atoms in total. The third-order valence-corrected chi connectivity index (χ3v) is 4.44. The van der Waals surface area contributed by atoms with Gasteiger partial charge in [-0.15, -0.1) is 0 Å². The van der Waals surface area contributed by atoms with Crippen LogP contribution < -0.4 is 5.32 Å². The number of nitrogens with zero attached hydrogens (tertiary/aromatic N) is 1. The van der Waals surface area contributed by atoms with Crippen molar-refractivity contribution in [2.24, 2.45) is 0 Å². The number of hydrogen-bond acceptors (Lipinski definition) is 6. The van der Waals surface area contributed by atoms with Crippen LogP contribution in [0.25, 0.3) is 0 Å². The summed E-state index contributed by atoms with van der Waals surface area (Å²) in [5.41, 5.74) is -2.51. The van der Waals surface area contributed by atoms with E-state index in [-0.39, 0.29) is 16.8 Å². The van der Waals surface area contributed by atoms with Crippen molar-refractivity contribution in [3.63, 3.8) is 0 Å². The van der Waals surface area contributed by atoms with E-state index < -0.39 is 40.5 Å². The monoisotopic (exact) mass is 424 g/mol. The minimum absolute atomic E-state index is 0.0458. The van der Waals surface area contributed by atoms with Gasteiger partial charge in [-0.2, -0.15) is 4.39 Å². The molecule has 2 N–H and O–H groups in total. The van der Waals surface area contributed by atoms with E-state index in [0.29, 0.717) is 0 Å². The number of anilines is 1. The molecule has 0 aromatic heterocycles. The van der Waals surface area contributed by atoms with Crippen molar-refractivity contribution in [1.82, 2.24) is 0 Å². The van der Waals surface area contributed by atoms with Crippen molar-refractivity contribution in [2.75, 3.05) is 11.9 Å². The van der Waals surface area contributed by atoms with Crippen LogP contribution in [0.1, 0.15) is 11.1 Å². The summed E-state index contributed by atoms with van der Waals surface area (Å²) in [5.74, 6) is -2.95. The number of hydrogen-bond donors (Lipinski definition) is 2. The predicted octanol–water partition coefficient (Wildman–Crippen LogP) is 3.15. The molecule has 1 amide bonds. The lowest BCUT2D eigenvalue weighted by molar-refractivity contribution is -0.387. The van der Waals surface area contributed by atoms with Crippen molar-refractivity contribution in [3.05, 3.63) is 106 Å². The summed E-state index contributed by atoms with van der Waals surface area (Å²) >= 11 is 0. The quantitative estimate of drug-likeness (QED) is 0.342. The Bertz CT molecular complexity index is 1070. The van der Waals surface area contributed by atoms with Gasteiger partial charge in [0, 0.05) is 11.8 Å². The zero-order chi connectivity index (χ0) is 22.4. The van der Waals surface area contributed by atoms with Crippen molar-refractivity contribution in [2.45, 2.75) is 5.60 Å². The lowest BCUT2D eigenvalue weighted by atomic mass is 9.86. The first-order chi connectivity index (χ1) is 14.8. The smallest absolute Gasteiger partial charge is 0.348 e. The number of esters is 1. The van der Waals surface area contributed by atoms with Crippen molar-refractivity contribution in [1.29, 1.82) is 0 Å². The number of benzene rings is 3. The summed E-state index contributed by atoms with van der Waals surface area (Å²) in [7, 11) is 0. The number of carbonyl (C=O) groups excluding carboxylic acids is 2. The van der Waals surface area contributed by atoms with Gasteiger partial charge in [0.15, 0.2) is 6.61 Å². The van der Waals surface area contributed by atoms with Crippen LogP contribution in [0.5, 0.6) is 0 Å². The topological polar surface area (TPSA) is 119 Å². The Hall–Kier alpha value is -4.11. The van der Waals surface area contributed by atoms with E-state index in [1.54, 1.807) is 60.7 Å². The molecule has 3 rings (SSSR count). The maximum Gasteiger partial charge on any atom is 0.348 e. The molecular weight excluding hydrogens is 407 g/mol. The van der Waals surface area contributed by atoms with Gasteiger partial charge in [0.1, 0.15) is 0 Å². The third kappa shape index (κ3) is 4.73. The van der Waals surface area contributed by atoms with Crippen LogP contribution >= 0.6 is 0 Å². The van der Waals surface area contributed by atoms with E-state index in [2.05, 4.69) is 5.32 Å². The number of ether oxygens (including phenoxy) is 1. The highest BCUT2D eigenvalue weighted by Crippen LogP contribution is 2.31. The van der Waals surface area contributed by atoms with Gasteiger partial charge >= 0.3 is 11.7 Å². The van der Waals surface area contributed by atoms with Gasteiger partial charge < -0.3 is 15.2 Å². The molecule has 0 aliphatic heterocycles. The molecule has 3 aromatic rings. The molecule has 0 radical (unpaired) electrons. The molecule has 0 bridgehead atoms. The Kier molecular flexibility index (Phi) is 6.37. The van der Waals surface area contributed by atoms with Gasteiger partial charge in [0.2, 0.25) is 11.4 Å². The van der Waals surface area contributed by atoms with Crippen molar-refractivity contribution < 1.29 is 28.7 Å². The fraction of sp³-hybridized carbons (Fsp3) is 0.0909. The maximum atomic E-state index is 13.4. The Morgan fingerprint density at radius 3 is 2.06 bits per heavy atom. The van der Waals surface area contributed by atoms with Crippen LogP contribution in [0.2, 0.25) is 0 Å². The van der Waals surface area contributed by atoms with Gasteiger partial charge in [-0.05, 0) is 23.3 Å². The summed E-state index contributed by atoms with van der Waals surface area (Å²) in [5, 5.41) is 24.3. The van der Waals surface area contributed by atoms with Crippen molar-refractivity contribution in [3.8, 4) is 0 Å².